The second kappa shape index (κ2) is 13.3. The lowest BCUT2D eigenvalue weighted by Gasteiger charge is -2.18. The van der Waals surface area contributed by atoms with E-state index in [2.05, 4.69) is 15.4 Å². The first-order chi connectivity index (χ1) is 13.0. The van der Waals surface area contributed by atoms with Crippen LogP contribution in [0.25, 0.3) is 0 Å². The number of nitrogens with one attached hydrogen (secondary N) is 2. The highest BCUT2D eigenvalue weighted by Gasteiger charge is 2.26. The predicted octanol–water partition coefficient (Wildman–Crippen LogP) is 0.827. The highest BCUT2D eigenvalue weighted by atomic mass is 31.2. The molecule has 10 nitrogen and oxygen atoms in total. The zero-order chi connectivity index (χ0) is 21.7. The molecule has 0 aromatic heterocycles. The van der Waals surface area contributed by atoms with Crippen molar-refractivity contribution in [3.8, 4) is 0 Å². The first-order valence-corrected chi connectivity index (χ1v) is 11.4. The predicted molar refractivity (Wildman–Crippen MR) is 102 cm³/mol. The van der Waals surface area contributed by atoms with Gasteiger partial charge in [-0.2, -0.15) is 0 Å². The molecule has 0 aliphatic carbocycles. The van der Waals surface area contributed by atoms with E-state index >= 15 is 0 Å². The number of amides is 2. The van der Waals surface area contributed by atoms with E-state index in [0.29, 0.717) is 19.6 Å². The van der Waals surface area contributed by atoms with E-state index < -0.39 is 25.4 Å². The number of esters is 2. The maximum Gasteiger partial charge on any atom is 0.328 e. The molecule has 0 spiro atoms. The van der Waals surface area contributed by atoms with Crippen molar-refractivity contribution in [1.82, 2.24) is 10.6 Å². The van der Waals surface area contributed by atoms with Crippen LogP contribution in [0.3, 0.4) is 0 Å². The lowest BCUT2D eigenvalue weighted by atomic mass is 10.2. The molecule has 0 saturated carbocycles. The number of hydrogen-bond donors (Lipinski definition) is 2. The topological polar surface area (TPSA) is 137 Å². The van der Waals surface area contributed by atoms with Crippen molar-refractivity contribution < 1.29 is 37.7 Å². The van der Waals surface area contributed by atoms with E-state index in [9.17, 15) is 23.7 Å². The second-order valence-corrected chi connectivity index (χ2v) is 8.89. The summed E-state index contributed by atoms with van der Waals surface area (Å²) in [6, 6.07) is -1.17. The van der Waals surface area contributed by atoms with Gasteiger partial charge in [-0.3, -0.25) is 14.2 Å². The van der Waals surface area contributed by atoms with Gasteiger partial charge in [-0.1, -0.05) is 0 Å². The molecule has 162 valence electrons. The van der Waals surface area contributed by atoms with Gasteiger partial charge in [0.25, 0.3) is 0 Å². The number of rotatable bonds is 9. The van der Waals surface area contributed by atoms with E-state index in [1.165, 1.54) is 20.5 Å². The third kappa shape index (κ3) is 11.7. The van der Waals surface area contributed by atoms with E-state index in [1.807, 2.05) is 0 Å². The molecule has 1 aliphatic heterocycles. The molecule has 1 heterocycles. The Kier molecular flexibility index (Phi) is 12.4. The molecule has 1 fully saturated rings. The average molecular weight is 422 g/mol. The zero-order valence-corrected chi connectivity index (χ0v) is 18.0. The number of carbonyl (C=O) groups excluding carboxylic acids is 4. The Hall–Kier alpha value is -1.93. The summed E-state index contributed by atoms with van der Waals surface area (Å²) < 4.78 is 26.5. The Morgan fingerprint density at radius 2 is 1.86 bits per heavy atom. The average Bonchev–Trinajstić information content (AvgIpc) is 2.96. The molecule has 11 heteroatoms. The van der Waals surface area contributed by atoms with Crippen LogP contribution in [0.1, 0.15) is 40.5 Å². The van der Waals surface area contributed by atoms with Crippen LogP contribution in [0.5, 0.6) is 0 Å². The van der Waals surface area contributed by atoms with Gasteiger partial charge in [0.2, 0.25) is 11.8 Å². The molecule has 1 aliphatic rings. The van der Waals surface area contributed by atoms with Gasteiger partial charge in [0.15, 0.2) is 7.37 Å². The van der Waals surface area contributed by atoms with Crippen molar-refractivity contribution in [3.05, 3.63) is 0 Å². The SMILES string of the molecule is CC(=O)N[C@H]1CCOC1=O.CCOC(=O)[C@H](CCP(C)(=O)OCC)NC(C)=O. The van der Waals surface area contributed by atoms with Crippen LogP contribution < -0.4 is 10.6 Å². The summed E-state index contributed by atoms with van der Waals surface area (Å²) in [5.41, 5.74) is 0. The van der Waals surface area contributed by atoms with E-state index in [1.54, 1.807) is 13.8 Å². The van der Waals surface area contributed by atoms with Crippen molar-refractivity contribution in [3.63, 3.8) is 0 Å². The molecule has 2 amide bonds. The summed E-state index contributed by atoms with van der Waals surface area (Å²) >= 11 is 0. The summed E-state index contributed by atoms with van der Waals surface area (Å²) in [6.07, 6.45) is 1.06. The minimum absolute atomic E-state index is 0.191. The van der Waals surface area contributed by atoms with Gasteiger partial charge in [0.1, 0.15) is 12.1 Å². The highest BCUT2D eigenvalue weighted by Crippen LogP contribution is 2.43. The third-order valence-electron chi connectivity index (χ3n) is 3.49. The van der Waals surface area contributed by atoms with Gasteiger partial charge in [0.05, 0.1) is 19.8 Å². The van der Waals surface area contributed by atoms with Gasteiger partial charge in [0, 0.05) is 33.1 Å². The molecular formula is C17H31N2O8P. The quantitative estimate of drug-likeness (QED) is 0.412. The van der Waals surface area contributed by atoms with Gasteiger partial charge in [-0.15, -0.1) is 0 Å². The molecule has 0 aromatic rings. The summed E-state index contributed by atoms with van der Waals surface area (Å²) in [5.74, 6) is -1.35. The molecular weight excluding hydrogens is 391 g/mol. The molecule has 0 bridgehead atoms. The standard InChI is InChI=1S/C11H22NO5P.C6H9NO3/c1-5-16-11(14)10(12-9(3)13)7-8-18(4,15)17-6-2;1-4(8)7-5-2-3-10-6(5)9/h10H,5-8H2,1-4H3,(H,12,13);5H,2-3H2,1H3,(H,7,8)/t10-,18?;5-/m00/s1. The Morgan fingerprint density at radius 1 is 1.21 bits per heavy atom. The maximum atomic E-state index is 11.9. The van der Waals surface area contributed by atoms with Crippen LogP contribution in [0.4, 0.5) is 0 Å². The minimum atomic E-state index is -2.71. The number of carbonyl (C=O) groups is 4. The first kappa shape index (κ1) is 26.1. The Balaban J connectivity index is 0.000000609. The van der Waals surface area contributed by atoms with Crippen LogP contribution >= 0.6 is 7.37 Å². The fourth-order valence-electron chi connectivity index (χ4n) is 2.31. The Bertz CT molecular complexity index is 596. The van der Waals surface area contributed by atoms with Gasteiger partial charge >= 0.3 is 11.9 Å². The van der Waals surface area contributed by atoms with Crippen LogP contribution in [-0.4, -0.2) is 68.5 Å². The van der Waals surface area contributed by atoms with E-state index in [4.69, 9.17) is 9.26 Å². The van der Waals surface area contributed by atoms with Crippen molar-refractivity contribution in [2.75, 3.05) is 32.6 Å². The van der Waals surface area contributed by atoms with E-state index in [-0.39, 0.29) is 37.0 Å². The molecule has 0 aromatic carbocycles. The fraction of sp³-hybridized carbons (Fsp3) is 0.765. The van der Waals surface area contributed by atoms with Crippen molar-refractivity contribution in [2.45, 2.75) is 52.6 Å². The normalized spacial score (nSPS) is 18.6. The lowest BCUT2D eigenvalue weighted by Crippen LogP contribution is -2.41. The molecule has 3 atom stereocenters. The van der Waals surface area contributed by atoms with Crippen LogP contribution in [-0.2, 0) is 37.7 Å². The van der Waals surface area contributed by atoms with Crippen molar-refractivity contribution >= 4 is 31.1 Å². The summed E-state index contributed by atoms with van der Waals surface area (Å²) in [6.45, 7) is 8.69. The lowest BCUT2D eigenvalue weighted by molar-refractivity contribution is -0.147. The Morgan fingerprint density at radius 3 is 2.29 bits per heavy atom. The largest absolute Gasteiger partial charge is 0.464 e. The maximum absolute atomic E-state index is 11.9. The molecule has 1 rings (SSSR count). The smallest absolute Gasteiger partial charge is 0.328 e. The van der Waals surface area contributed by atoms with Crippen LogP contribution in [0, 0.1) is 0 Å². The van der Waals surface area contributed by atoms with Crippen molar-refractivity contribution in [1.29, 1.82) is 0 Å². The number of hydrogen-bond acceptors (Lipinski definition) is 8. The minimum Gasteiger partial charge on any atom is -0.464 e. The second-order valence-electron chi connectivity index (χ2n) is 6.16. The molecule has 28 heavy (non-hydrogen) atoms. The molecule has 1 unspecified atom stereocenters. The van der Waals surface area contributed by atoms with Gasteiger partial charge < -0.3 is 24.6 Å². The van der Waals surface area contributed by atoms with Gasteiger partial charge in [-0.05, 0) is 20.3 Å². The Labute approximate surface area is 165 Å². The monoisotopic (exact) mass is 422 g/mol. The van der Waals surface area contributed by atoms with Crippen LogP contribution in [0.2, 0.25) is 0 Å². The number of ether oxygens (including phenoxy) is 2. The first-order valence-electron chi connectivity index (χ1n) is 9.10. The van der Waals surface area contributed by atoms with E-state index in [0.717, 1.165) is 0 Å². The molecule has 1 saturated heterocycles. The molecule has 2 N–H and O–H groups in total. The zero-order valence-electron chi connectivity index (χ0n) is 17.1. The van der Waals surface area contributed by atoms with Crippen LogP contribution in [0.15, 0.2) is 0 Å². The summed E-state index contributed by atoms with van der Waals surface area (Å²) in [5, 5.41) is 4.97. The number of cyclic esters (lactones) is 1. The summed E-state index contributed by atoms with van der Waals surface area (Å²) in [4.78, 5) is 43.7. The fourth-order valence-corrected chi connectivity index (χ4v) is 3.71. The van der Waals surface area contributed by atoms with Crippen molar-refractivity contribution in [2.24, 2.45) is 0 Å². The van der Waals surface area contributed by atoms with Gasteiger partial charge in [-0.25, -0.2) is 9.59 Å². The molecule has 0 radical (unpaired) electrons. The summed E-state index contributed by atoms with van der Waals surface area (Å²) in [7, 11) is -2.71. The third-order valence-corrected chi connectivity index (χ3v) is 5.36. The highest BCUT2D eigenvalue weighted by molar-refractivity contribution is 7.58.